The van der Waals surface area contributed by atoms with Gasteiger partial charge in [0.05, 0.1) is 12.8 Å². The van der Waals surface area contributed by atoms with Crippen molar-refractivity contribution >= 4 is 0 Å². The number of pyridine rings is 1. The Kier molecular flexibility index (Phi) is 4.35. The van der Waals surface area contributed by atoms with E-state index in [2.05, 4.69) is 4.98 Å². The van der Waals surface area contributed by atoms with Crippen LogP contribution in [0.2, 0.25) is 0 Å². The molecule has 0 fully saturated rings. The Labute approximate surface area is 130 Å². The third-order valence-electron chi connectivity index (χ3n) is 3.38. The van der Waals surface area contributed by atoms with Gasteiger partial charge in [-0.25, -0.2) is 0 Å². The van der Waals surface area contributed by atoms with Crippen molar-refractivity contribution in [1.29, 1.82) is 0 Å². The van der Waals surface area contributed by atoms with Gasteiger partial charge in [0.25, 0.3) is 0 Å². The molecule has 3 nitrogen and oxygen atoms in total. The molecular formula is C19H17NO2. The number of rotatable bonds is 5. The first-order valence-corrected chi connectivity index (χ1v) is 7.12. The Balaban J connectivity index is 1.63. The van der Waals surface area contributed by atoms with Gasteiger partial charge in [-0.2, -0.15) is 0 Å². The summed E-state index contributed by atoms with van der Waals surface area (Å²) in [6.07, 6.45) is 1.80. The van der Waals surface area contributed by atoms with E-state index in [0.29, 0.717) is 6.61 Å². The number of aromatic nitrogens is 1. The molecule has 3 rings (SSSR count). The average molecular weight is 291 g/mol. The molecule has 110 valence electrons. The van der Waals surface area contributed by atoms with Crippen LogP contribution in [0.1, 0.15) is 5.56 Å². The molecule has 0 atom stereocenters. The van der Waals surface area contributed by atoms with Crippen LogP contribution in [0.25, 0.3) is 11.3 Å². The quantitative estimate of drug-likeness (QED) is 0.701. The van der Waals surface area contributed by atoms with Gasteiger partial charge in [0.1, 0.15) is 18.1 Å². The minimum Gasteiger partial charge on any atom is -0.497 e. The minimum atomic E-state index is 0.535. The predicted molar refractivity (Wildman–Crippen MR) is 87.0 cm³/mol. The van der Waals surface area contributed by atoms with Crippen LogP contribution >= 0.6 is 0 Å². The second-order valence-electron chi connectivity index (χ2n) is 4.88. The molecule has 0 amide bonds. The highest BCUT2D eigenvalue weighted by Gasteiger charge is 2.00. The van der Waals surface area contributed by atoms with Gasteiger partial charge in [-0.05, 0) is 54.1 Å². The zero-order valence-electron chi connectivity index (χ0n) is 12.4. The van der Waals surface area contributed by atoms with Crippen LogP contribution < -0.4 is 9.47 Å². The number of nitrogens with zero attached hydrogens (tertiary/aromatic N) is 1. The number of methoxy groups -OCH3 is 1. The molecule has 2 aromatic carbocycles. The number of benzene rings is 2. The number of hydrogen-bond acceptors (Lipinski definition) is 3. The second-order valence-corrected chi connectivity index (χ2v) is 4.88. The van der Waals surface area contributed by atoms with Crippen molar-refractivity contribution in [3.05, 3.63) is 78.5 Å². The fourth-order valence-corrected chi connectivity index (χ4v) is 2.14. The zero-order chi connectivity index (χ0) is 15.2. The third-order valence-corrected chi connectivity index (χ3v) is 3.38. The van der Waals surface area contributed by atoms with Crippen molar-refractivity contribution in [2.45, 2.75) is 6.61 Å². The maximum Gasteiger partial charge on any atom is 0.119 e. The van der Waals surface area contributed by atoms with Gasteiger partial charge in [0.15, 0.2) is 0 Å². The molecule has 0 N–H and O–H groups in total. The Morgan fingerprint density at radius 2 is 1.55 bits per heavy atom. The van der Waals surface area contributed by atoms with Crippen molar-refractivity contribution in [1.82, 2.24) is 4.98 Å². The SMILES string of the molecule is COc1ccc(COc2ccc(-c3ccccn3)cc2)cc1. The first-order valence-electron chi connectivity index (χ1n) is 7.12. The van der Waals surface area contributed by atoms with Gasteiger partial charge in [-0.1, -0.05) is 18.2 Å². The van der Waals surface area contributed by atoms with Crippen LogP contribution in [0, 0.1) is 0 Å². The summed E-state index contributed by atoms with van der Waals surface area (Å²) in [7, 11) is 1.66. The van der Waals surface area contributed by atoms with E-state index in [1.54, 1.807) is 13.3 Å². The largest absolute Gasteiger partial charge is 0.497 e. The summed E-state index contributed by atoms with van der Waals surface area (Å²) in [4.78, 5) is 4.34. The fourth-order valence-electron chi connectivity index (χ4n) is 2.14. The molecule has 0 radical (unpaired) electrons. The van der Waals surface area contributed by atoms with E-state index in [4.69, 9.17) is 9.47 Å². The topological polar surface area (TPSA) is 31.4 Å². The van der Waals surface area contributed by atoms with Crippen LogP contribution in [0.15, 0.2) is 72.9 Å². The fraction of sp³-hybridized carbons (Fsp3) is 0.105. The highest BCUT2D eigenvalue weighted by atomic mass is 16.5. The summed E-state index contributed by atoms with van der Waals surface area (Å²) in [5.41, 5.74) is 3.15. The van der Waals surface area contributed by atoms with Crippen LogP contribution in [0.3, 0.4) is 0 Å². The van der Waals surface area contributed by atoms with Gasteiger partial charge in [0.2, 0.25) is 0 Å². The van der Waals surface area contributed by atoms with E-state index in [1.165, 1.54) is 0 Å². The molecule has 1 aromatic heterocycles. The molecule has 3 heteroatoms. The van der Waals surface area contributed by atoms with Crippen molar-refractivity contribution in [2.75, 3.05) is 7.11 Å². The molecule has 0 unspecified atom stereocenters. The summed E-state index contributed by atoms with van der Waals surface area (Å²) in [6, 6.07) is 21.7. The number of hydrogen-bond donors (Lipinski definition) is 0. The van der Waals surface area contributed by atoms with Crippen molar-refractivity contribution in [3.8, 4) is 22.8 Å². The van der Waals surface area contributed by atoms with Gasteiger partial charge >= 0.3 is 0 Å². The molecule has 0 aliphatic carbocycles. The van der Waals surface area contributed by atoms with Crippen molar-refractivity contribution < 1.29 is 9.47 Å². The first kappa shape index (κ1) is 14.1. The summed E-state index contributed by atoms with van der Waals surface area (Å²) in [5.74, 6) is 1.69. The molecule has 22 heavy (non-hydrogen) atoms. The maximum atomic E-state index is 5.80. The average Bonchev–Trinajstić information content (AvgIpc) is 2.61. The lowest BCUT2D eigenvalue weighted by molar-refractivity contribution is 0.306. The molecule has 0 aliphatic rings. The van der Waals surface area contributed by atoms with Gasteiger partial charge in [-0.3, -0.25) is 4.98 Å². The Bertz CT molecular complexity index is 707. The minimum absolute atomic E-state index is 0.535. The summed E-state index contributed by atoms with van der Waals surface area (Å²) < 4.78 is 10.9. The summed E-state index contributed by atoms with van der Waals surface area (Å²) in [6.45, 7) is 0.535. The lowest BCUT2D eigenvalue weighted by Crippen LogP contribution is -1.95. The summed E-state index contributed by atoms with van der Waals surface area (Å²) in [5, 5.41) is 0. The summed E-state index contributed by atoms with van der Waals surface area (Å²) >= 11 is 0. The monoisotopic (exact) mass is 291 g/mol. The van der Waals surface area contributed by atoms with E-state index in [-0.39, 0.29) is 0 Å². The Morgan fingerprint density at radius 1 is 0.818 bits per heavy atom. The molecule has 1 heterocycles. The highest BCUT2D eigenvalue weighted by molar-refractivity contribution is 5.59. The van der Waals surface area contributed by atoms with Crippen molar-refractivity contribution in [3.63, 3.8) is 0 Å². The van der Waals surface area contributed by atoms with Crippen LogP contribution in [0.5, 0.6) is 11.5 Å². The predicted octanol–water partition coefficient (Wildman–Crippen LogP) is 4.34. The normalized spacial score (nSPS) is 10.2. The lowest BCUT2D eigenvalue weighted by Gasteiger charge is -2.08. The smallest absolute Gasteiger partial charge is 0.119 e. The second kappa shape index (κ2) is 6.76. The zero-order valence-corrected chi connectivity index (χ0v) is 12.4. The van der Waals surface area contributed by atoms with Gasteiger partial charge in [-0.15, -0.1) is 0 Å². The molecule has 0 bridgehead atoms. The Morgan fingerprint density at radius 3 is 2.18 bits per heavy atom. The maximum absolute atomic E-state index is 5.80. The third kappa shape index (κ3) is 3.44. The van der Waals surface area contributed by atoms with E-state index < -0.39 is 0 Å². The molecule has 0 saturated heterocycles. The van der Waals surface area contributed by atoms with E-state index in [1.807, 2.05) is 66.7 Å². The standard InChI is InChI=1S/C19H17NO2/c1-21-17-9-5-15(6-10-17)14-22-18-11-7-16(8-12-18)19-4-2-3-13-20-19/h2-13H,14H2,1H3. The lowest BCUT2D eigenvalue weighted by atomic mass is 10.1. The van der Waals surface area contributed by atoms with E-state index in [9.17, 15) is 0 Å². The van der Waals surface area contributed by atoms with Crippen molar-refractivity contribution in [2.24, 2.45) is 0 Å². The van der Waals surface area contributed by atoms with Crippen LogP contribution in [0.4, 0.5) is 0 Å². The molecule has 0 aliphatic heterocycles. The molecular weight excluding hydrogens is 274 g/mol. The van der Waals surface area contributed by atoms with Crippen LogP contribution in [-0.2, 0) is 6.61 Å². The van der Waals surface area contributed by atoms with E-state index >= 15 is 0 Å². The Hall–Kier alpha value is -2.81. The van der Waals surface area contributed by atoms with Gasteiger partial charge in [0, 0.05) is 11.8 Å². The number of ether oxygens (including phenoxy) is 2. The van der Waals surface area contributed by atoms with Gasteiger partial charge < -0.3 is 9.47 Å². The highest BCUT2D eigenvalue weighted by Crippen LogP contribution is 2.21. The molecule has 0 saturated carbocycles. The first-order chi connectivity index (χ1) is 10.8. The van der Waals surface area contributed by atoms with E-state index in [0.717, 1.165) is 28.3 Å². The molecule has 0 spiro atoms. The van der Waals surface area contributed by atoms with Crippen LogP contribution in [-0.4, -0.2) is 12.1 Å². The molecule has 3 aromatic rings.